The van der Waals surface area contributed by atoms with E-state index in [1.807, 2.05) is 0 Å². The number of halogens is 2. The first-order chi connectivity index (χ1) is 18.0. The molecule has 0 unspecified atom stereocenters. The smallest absolute Gasteiger partial charge is 0.323 e. The van der Waals surface area contributed by atoms with Gasteiger partial charge in [0.1, 0.15) is 18.9 Å². The Morgan fingerprint density at radius 2 is 1.74 bits per heavy atom. The SMILES string of the molecule is CNS(=O)(=O)CCN(CC(=O)O)C(=O)c1cccc(COc2ccc(-c3cc(F)c(F)cc3SC)cc2)c1. The zero-order chi connectivity index (χ0) is 27.9. The van der Waals surface area contributed by atoms with Crippen molar-refractivity contribution in [2.45, 2.75) is 11.5 Å². The van der Waals surface area contributed by atoms with Crippen LogP contribution in [0.15, 0.2) is 65.6 Å². The number of nitrogens with zero attached hydrogens (tertiary/aromatic N) is 1. The topological polar surface area (TPSA) is 113 Å². The van der Waals surface area contributed by atoms with Crippen LogP contribution < -0.4 is 9.46 Å². The largest absolute Gasteiger partial charge is 0.489 e. The zero-order valence-electron chi connectivity index (χ0n) is 20.6. The van der Waals surface area contributed by atoms with Gasteiger partial charge in [-0.1, -0.05) is 24.3 Å². The average molecular weight is 565 g/mol. The van der Waals surface area contributed by atoms with Gasteiger partial charge in [-0.05, 0) is 66.4 Å². The number of sulfonamides is 1. The molecule has 12 heteroatoms. The lowest BCUT2D eigenvalue weighted by molar-refractivity contribution is -0.137. The number of ether oxygens (including phenoxy) is 1. The maximum absolute atomic E-state index is 13.8. The number of thioether (sulfide) groups is 1. The van der Waals surface area contributed by atoms with Crippen molar-refractivity contribution in [2.75, 3.05) is 32.1 Å². The van der Waals surface area contributed by atoms with E-state index in [1.54, 1.807) is 48.7 Å². The van der Waals surface area contributed by atoms with E-state index in [2.05, 4.69) is 4.72 Å². The molecule has 3 aromatic carbocycles. The third kappa shape index (κ3) is 7.76. The summed E-state index contributed by atoms with van der Waals surface area (Å²) in [6, 6.07) is 15.5. The molecule has 0 spiro atoms. The summed E-state index contributed by atoms with van der Waals surface area (Å²) in [4.78, 5) is 25.7. The van der Waals surface area contributed by atoms with E-state index in [-0.39, 0.29) is 18.7 Å². The Morgan fingerprint density at radius 3 is 2.37 bits per heavy atom. The van der Waals surface area contributed by atoms with Gasteiger partial charge in [-0.25, -0.2) is 21.9 Å². The summed E-state index contributed by atoms with van der Waals surface area (Å²) in [6.07, 6.45) is 1.78. The molecular weight excluding hydrogens is 538 g/mol. The molecule has 0 heterocycles. The van der Waals surface area contributed by atoms with Crippen LogP contribution in [0.3, 0.4) is 0 Å². The van der Waals surface area contributed by atoms with Crippen molar-refractivity contribution >= 4 is 33.7 Å². The van der Waals surface area contributed by atoms with Gasteiger partial charge in [0.25, 0.3) is 5.91 Å². The Hall–Kier alpha value is -3.48. The van der Waals surface area contributed by atoms with Gasteiger partial charge in [0.05, 0.1) is 5.75 Å². The number of hydrogen-bond acceptors (Lipinski definition) is 6. The lowest BCUT2D eigenvalue weighted by Gasteiger charge is -2.21. The van der Waals surface area contributed by atoms with Crippen LogP contribution in [0, 0.1) is 11.6 Å². The highest BCUT2D eigenvalue weighted by atomic mass is 32.2. The van der Waals surface area contributed by atoms with Crippen molar-refractivity contribution in [3.05, 3.63) is 83.4 Å². The zero-order valence-corrected chi connectivity index (χ0v) is 22.2. The second kappa shape index (κ2) is 12.9. The number of carboxylic acid groups (broad SMARTS) is 1. The molecule has 0 aliphatic heterocycles. The standard InChI is InChI=1S/C26H26F2N2O6S2/c1-29-38(34,35)11-10-30(15-25(31)32)26(33)19-5-3-4-17(12-19)16-36-20-8-6-18(7-9-20)21-13-22(27)23(28)14-24(21)37-2/h3-9,12-14,29H,10-11,15-16H2,1-2H3,(H,31,32). The normalized spacial score (nSPS) is 11.3. The minimum atomic E-state index is -3.64. The quantitative estimate of drug-likeness (QED) is 0.320. The molecule has 0 saturated carbocycles. The average Bonchev–Trinajstić information content (AvgIpc) is 2.91. The second-order valence-corrected chi connectivity index (χ2v) is 11.0. The van der Waals surface area contributed by atoms with Crippen molar-refractivity contribution in [1.82, 2.24) is 9.62 Å². The van der Waals surface area contributed by atoms with Crippen LogP contribution in [0.5, 0.6) is 5.75 Å². The number of carbonyl (C=O) groups excluding carboxylic acids is 1. The molecular formula is C26H26F2N2O6S2. The molecule has 2 N–H and O–H groups in total. The van der Waals surface area contributed by atoms with E-state index in [4.69, 9.17) is 9.84 Å². The Bertz CT molecular complexity index is 1420. The third-order valence-electron chi connectivity index (χ3n) is 5.54. The summed E-state index contributed by atoms with van der Waals surface area (Å²) in [5.41, 5.74) is 2.06. The second-order valence-electron chi connectivity index (χ2n) is 8.12. The number of aliphatic carboxylic acids is 1. The van der Waals surface area contributed by atoms with Crippen molar-refractivity contribution in [3.8, 4) is 16.9 Å². The van der Waals surface area contributed by atoms with Gasteiger partial charge in [0, 0.05) is 17.0 Å². The molecule has 0 saturated heterocycles. The van der Waals surface area contributed by atoms with Crippen molar-refractivity contribution in [3.63, 3.8) is 0 Å². The first kappa shape index (κ1) is 29.1. The number of benzene rings is 3. The molecule has 0 aliphatic rings. The Morgan fingerprint density at radius 1 is 1.05 bits per heavy atom. The number of amides is 1. The summed E-state index contributed by atoms with van der Waals surface area (Å²) < 4.78 is 58.8. The lowest BCUT2D eigenvalue weighted by atomic mass is 10.1. The fourth-order valence-corrected chi connectivity index (χ4v) is 4.83. The summed E-state index contributed by atoms with van der Waals surface area (Å²) in [5.74, 6) is -3.67. The monoisotopic (exact) mass is 564 g/mol. The highest BCUT2D eigenvalue weighted by molar-refractivity contribution is 7.98. The highest BCUT2D eigenvalue weighted by Gasteiger charge is 2.21. The summed E-state index contributed by atoms with van der Waals surface area (Å²) in [5, 5.41) is 9.16. The molecule has 1 amide bonds. The van der Waals surface area contributed by atoms with Crippen molar-refractivity contribution < 1.29 is 36.6 Å². The van der Waals surface area contributed by atoms with E-state index >= 15 is 0 Å². The van der Waals surface area contributed by atoms with Crippen LogP contribution in [0.25, 0.3) is 11.1 Å². The van der Waals surface area contributed by atoms with Gasteiger partial charge in [0.15, 0.2) is 11.6 Å². The summed E-state index contributed by atoms with van der Waals surface area (Å²) in [7, 11) is -2.40. The van der Waals surface area contributed by atoms with Gasteiger partial charge in [-0.15, -0.1) is 11.8 Å². The fourth-order valence-electron chi connectivity index (χ4n) is 3.55. The van der Waals surface area contributed by atoms with E-state index in [1.165, 1.54) is 24.9 Å². The van der Waals surface area contributed by atoms with Crippen molar-refractivity contribution in [1.29, 1.82) is 0 Å². The minimum Gasteiger partial charge on any atom is -0.489 e. The van der Waals surface area contributed by atoms with Crippen LogP contribution in [0.4, 0.5) is 8.78 Å². The van der Waals surface area contributed by atoms with Gasteiger partial charge in [-0.2, -0.15) is 0 Å². The maximum Gasteiger partial charge on any atom is 0.323 e. The molecule has 0 radical (unpaired) electrons. The molecule has 0 aromatic heterocycles. The number of carboxylic acids is 1. The number of hydrogen-bond donors (Lipinski definition) is 2. The Kier molecular flexibility index (Phi) is 9.84. The first-order valence-corrected chi connectivity index (χ1v) is 14.2. The number of carbonyl (C=O) groups is 2. The van der Waals surface area contributed by atoms with Crippen LogP contribution in [-0.4, -0.2) is 62.4 Å². The molecule has 0 fully saturated rings. The van der Waals surface area contributed by atoms with Gasteiger partial charge < -0.3 is 14.7 Å². The molecule has 0 bridgehead atoms. The lowest BCUT2D eigenvalue weighted by Crippen LogP contribution is -2.40. The van der Waals surface area contributed by atoms with Gasteiger partial charge in [-0.3, -0.25) is 9.59 Å². The molecule has 8 nitrogen and oxygen atoms in total. The molecule has 38 heavy (non-hydrogen) atoms. The van der Waals surface area contributed by atoms with E-state index < -0.39 is 45.8 Å². The molecule has 202 valence electrons. The summed E-state index contributed by atoms with van der Waals surface area (Å²) >= 11 is 1.30. The van der Waals surface area contributed by atoms with E-state index in [0.717, 1.165) is 17.0 Å². The first-order valence-electron chi connectivity index (χ1n) is 11.3. The molecule has 3 aromatic rings. The van der Waals surface area contributed by atoms with Crippen LogP contribution >= 0.6 is 11.8 Å². The summed E-state index contributed by atoms with van der Waals surface area (Å²) in [6.45, 7) is -0.853. The van der Waals surface area contributed by atoms with Crippen LogP contribution in [-0.2, 0) is 21.4 Å². The molecule has 0 atom stereocenters. The third-order valence-corrected chi connectivity index (χ3v) is 7.66. The van der Waals surface area contributed by atoms with Crippen molar-refractivity contribution in [2.24, 2.45) is 0 Å². The van der Waals surface area contributed by atoms with E-state index in [0.29, 0.717) is 27.3 Å². The maximum atomic E-state index is 13.8. The Balaban J connectivity index is 1.71. The number of nitrogens with one attached hydrogen (secondary N) is 1. The highest BCUT2D eigenvalue weighted by Crippen LogP contribution is 2.33. The minimum absolute atomic E-state index is 0.0920. The van der Waals surface area contributed by atoms with Crippen LogP contribution in [0.1, 0.15) is 15.9 Å². The van der Waals surface area contributed by atoms with Gasteiger partial charge in [0.2, 0.25) is 10.0 Å². The Labute approximate surface area is 223 Å². The van der Waals surface area contributed by atoms with E-state index in [9.17, 15) is 26.8 Å². The van der Waals surface area contributed by atoms with Gasteiger partial charge >= 0.3 is 5.97 Å². The fraction of sp³-hybridized carbons (Fsp3) is 0.231. The predicted molar refractivity (Wildman–Crippen MR) is 141 cm³/mol. The molecule has 0 aliphatic carbocycles. The molecule has 3 rings (SSSR count). The number of rotatable bonds is 12. The predicted octanol–water partition coefficient (Wildman–Crippen LogP) is 4.01. The van der Waals surface area contributed by atoms with Crippen LogP contribution in [0.2, 0.25) is 0 Å².